The van der Waals surface area contributed by atoms with Crippen LogP contribution in [0.3, 0.4) is 0 Å². The van der Waals surface area contributed by atoms with E-state index in [1.54, 1.807) is 22.7 Å². The monoisotopic (exact) mass is 331 g/mol. The number of benzene rings is 1. The topological polar surface area (TPSA) is 40.5 Å². The van der Waals surface area contributed by atoms with Crippen LogP contribution >= 0.6 is 35.0 Å². The van der Waals surface area contributed by atoms with Gasteiger partial charge < -0.3 is 10.0 Å². The number of carbonyl (C=O) groups is 1. The Morgan fingerprint density at radius 1 is 1.40 bits per heavy atom. The van der Waals surface area contributed by atoms with Crippen molar-refractivity contribution in [3.8, 4) is 0 Å². The zero-order valence-electron chi connectivity index (χ0n) is 10.9. The Hall–Kier alpha value is -0.420. The fourth-order valence-electron chi connectivity index (χ4n) is 2.77. The van der Waals surface area contributed by atoms with Gasteiger partial charge in [-0.25, -0.2) is 0 Å². The number of nitrogens with zero attached hydrogens (tertiary/aromatic N) is 1. The Morgan fingerprint density at radius 3 is 2.90 bits per heavy atom. The van der Waals surface area contributed by atoms with Gasteiger partial charge in [-0.05, 0) is 41.9 Å². The van der Waals surface area contributed by atoms with Crippen molar-refractivity contribution in [2.45, 2.75) is 25.0 Å². The van der Waals surface area contributed by atoms with E-state index < -0.39 is 5.60 Å². The molecule has 108 valence electrons. The summed E-state index contributed by atoms with van der Waals surface area (Å²) in [7, 11) is 0. The van der Waals surface area contributed by atoms with Crippen molar-refractivity contribution >= 4 is 40.9 Å². The predicted molar refractivity (Wildman–Crippen MR) is 82.5 cm³/mol. The molecule has 2 aliphatic rings. The highest BCUT2D eigenvalue weighted by Crippen LogP contribution is 2.34. The highest BCUT2D eigenvalue weighted by molar-refractivity contribution is 7.99. The first-order chi connectivity index (χ1) is 9.49. The average molecular weight is 332 g/mol. The van der Waals surface area contributed by atoms with Gasteiger partial charge in [0.1, 0.15) is 0 Å². The molecule has 3 rings (SSSR count). The lowest BCUT2D eigenvalue weighted by Gasteiger charge is -2.34. The number of halogens is 2. The molecule has 3 nitrogen and oxygen atoms in total. The zero-order valence-corrected chi connectivity index (χ0v) is 13.2. The number of aliphatic hydroxyl groups is 1. The van der Waals surface area contributed by atoms with Crippen molar-refractivity contribution in [2.75, 3.05) is 18.1 Å². The molecule has 1 fully saturated rings. The van der Waals surface area contributed by atoms with Crippen molar-refractivity contribution in [2.24, 2.45) is 0 Å². The third-order valence-electron chi connectivity index (χ3n) is 3.94. The summed E-state index contributed by atoms with van der Waals surface area (Å²) in [5.41, 5.74) is 0.852. The van der Waals surface area contributed by atoms with Gasteiger partial charge in [-0.2, -0.15) is 11.8 Å². The second-order valence-corrected chi connectivity index (χ2v) is 7.28. The number of fused-ring (bicyclic) bond motifs is 1. The van der Waals surface area contributed by atoms with Crippen LogP contribution in [0.4, 0.5) is 0 Å². The normalized spacial score (nSPS) is 25.6. The van der Waals surface area contributed by atoms with E-state index in [-0.39, 0.29) is 5.91 Å². The van der Waals surface area contributed by atoms with E-state index in [0.29, 0.717) is 35.3 Å². The molecule has 1 atom stereocenters. The Bertz CT molecular complexity index is 558. The van der Waals surface area contributed by atoms with Crippen molar-refractivity contribution in [3.05, 3.63) is 33.3 Å². The molecule has 0 aromatic heterocycles. The quantitative estimate of drug-likeness (QED) is 0.860. The number of thioether (sulfide) groups is 1. The first-order valence-electron chi connectivity index (χ1n) is 6.56. The van der Waals surface area contributed by atoms with Crippen LogP contribution < -0.4 is 0 Å². The van der Waals surface area contributed by atoms with Crippen molar-refractivity contribution < 1.29 is 9.90 Å². The first kappa shape index (κ1) is 14.5. The van der Waals surface area contributed by atoms with Gasteiger partial charge in [0, 0.05) is 28.9 Å². The summed E-state index contributed by atoms with van der Waals surface area (Å²) in [6, 6.07) is 3.61. The SMILES string of the molecule is O=C(N1CCc2cc(Cl)cc(Cl)c2C1)C1(O)CCSC1. The average Bonchev–Trinajstić information content (AvgIpc) is 2.85. The minimum absolute atomic E-state index is 0.167. The fourth-order valence-corrected chi connectivity index (χ4v) is 4.60. The van der Waals surface area contributed by atoms with Crippen LogP contribution in [0.15, 0.2) is 12.1 Å². The number of carbonyl (C=O) groups excluding carboxylic acids is 1. The third kappa shape index (κ3) is 2.54. The third-order valence-corrected chi connectivity index (χ3v) is 5.67. The summed E-state index contributed by atoms with van der Waals surface area (Å²) in [4.78, 5) is 14.2. The number of amides is 1. The van der Waals surface area contributed by atoms with Crippen LogP contribution in [0.1, 0.15) is 17.5 Å². The molecule has 20 heavy (non-hydrogen) atoms. The van der Waals surface area contributed by atoms with Crippen LogP contribution in [0, 0.1) is 0 Å². The summed E-state index contributed by atoms with van der Waals surface area (Å²) in [5.74, 6) is 1.16. The second-order valence-electron chi connectivity index (χ2n) is 5.34. The van der Waals surface area contributed by atoms with Gasteiger partial charge in [-0.15, -0.1) is 0 Å². The van der Waals surface area contributed by atoms with Crippen LogP contribution in [0.5, 0.6) is 0 Å². The molecule has 0 aliphatic carbocycles. The van der Waals surface area contributed by atoms with E-state index in [1.165, 1.54) is 0 Å². The maximum atomic E-state index is 12.5. The summed E-state index contributed by atoms with van der Waals surface area (Å²) >= 11 is 13.8. The van der Waals surface area contributed by atoms with Gasteiger partial charge in [-0.3, -0.25) is 4.79 Å². The highest BCUT2D eigenvalue weighted by Gasteiger charge is 2.42. The Morgan fingerprint density at radius 2 is 2.20 bits per heavy atom. The lowest BCUT2D eigenvalue weighted by molar-refractivity contribution is -0.149. The van der Waals surface area contributed by atoms with Gasteiger partial charge >= 0.3 is 0 Å². The molecule has 6 heteroatoms. The van der Waals surface area contributed by atoms with Crippen LogP contribution in [-0.2, 0) is 17.8 Å². The molecule has 1 unspecified atom stereocenters. The van der Waals surface area contributed by atoms with Gasteiger partial charge in [0.2, 0.25) is 0 Å². The summed E-state index contributed by atoms with van der Waals surface area (Å²) in [5, 5.41) is 11.6. The minimum Gasteiger partial charge on any atom is -0.379 e. The van der Waals surface area contributed by atoms with Crippen LogP contribution in [0.25, 0.3) is 0 Å². The van der Waals surface area contributed by atoms with Gasteiger partial charge in [0.05, 0.1) is 0 Å². The molecule has 1 aromatic rings. The standard InChI is InChI=1S/C14H15Cl2NO2S/c15-10-5-9-1-3-17(7-11(9)12(16)6-10)13(18)14(19)2-4-20-8-14/h5-6,19H,1-4,7-8H2. The molecule has 2 heterocycles. The molecule has 1 aromatic carbocycles. The van der Waals surface area contributed by atoms with E-state index in [1.807, 2.05) is 6.07 Å². The van der Waals surface area contributed by atoms with E-state index in [0.717, 1.165) is 23.3 Å². The summed E-state index contributed by atoms with van der Waals surface area (Å²) in [6.07, 6.45) is 1.26. The second kappa shape index (κ2) is 5.41. The van der Waals surface area contributed by atoms with Gasteiger partial charge in [-0.1, -0.05) is 23.2 Å². The van der Waals surface area contributed by atoms with Gasteiger partial charge in [0.15, 0.2) is 5.60 Å². The molecule has 1 amide bonds. The first-order valence-corrected chi connectivity index (χ1v) is 8.47. The molecule has 2 aliphatic heterocycles. The molecule has 0 saturated carbocycles. The van der Waals surface area contributed by atoms with Crippen LogP contribution in [0.2, 0.25) is 10.0 Å². The zero-order chi connectivity index (χ0) is 14.3. The van der Waals surface area contributed by atoms with E-state index in [4.69, 9.17) is 23.2 Å². The molecule has 1 N–H and O–H groups in total. The smallest absolute Gasteiger partial charge is 0.255 e. The van der Waals surface area contributed by atoms with Crippen molar-refractivity contribution in [1.82, 2.24) is 4.90 Å². The number of hydrogen-bond donors (Lipinski definition) is 1. The fraction of sp³-hybridized carbons (Fsp3) is 0.500. The predicted octanol–water partition coefficient (Wildman–Crippen LogP) is 2.75. The molecule has 0 bridgehead atoms. The summed E-state index contributed by atoms with van der Waals surface area (Å²) in [6.45, 7) is 1.06. The number of rotatable bonds is 1. The molecule has 1 saturated heterocycles. The van der Waals surface area contributed by atoms with E-state index in [2.05, 4.69) is 0 Å². The van der Waals surface area contributed by atoms with Gasteiger partial charge in [0.25, 0.3) is 5.91 Å². The van der Waals surface area contributed by atoms with E-state index >= 15 is 0 Å². The lowest BCUT2D eigenvalue weighted by Crippen LogP contribution is -2.50. The van der Waals surface area contributed by atoms with E-state index in [9.17, 15) is 9.90 Å². The Kier molecular flexibility index (Phi) is 3.93. The largest absolute Gasteiger partial charge is 0.379 e. The van der Waals surface area contributed by atoms with Crippen LogP contribution in [-0.4, -0.2) is 39.6 Å². The maximum Gasteiger partial charge on any atom is 0.255 e. The molecular formula is C14H15Cl2NO2S. The molecular weight excluding hydrogens is 317 g/mol. The molecule has 0 radical (unpaired) electrons. The minimum atomic E-state index is -1.19. The Balaban J connectivity index is 1.83. The maximum absolute atomic E-state index is 12.5. The van der Waals surface area contributed by atoms with Crippen molar-refractivity contribution in [3.63, 3.8) is 0 Å². The lowest BCUT2D eigenvalue weighted by atomic mass is 9.96. The molecule has 0 spiro atoms. The van der Waals surface area contributed by atoms with Crippen molar-refractivity contribution in [1.29, 1.82) is 0 Å². The number of hydrogen-bond acceptors (Lipinski definition) is 3. The Labute approximate surface area is 132 Å². The summed E-state index contributed by atoms with van der Waals surface area (Å²) < 4.78 is 0. The highest BCUT2D eigenvalue weighted by atomic mass is 35.5.